The van der Waals surface area contributed by atoms with E-state index in [1.54, 1.807) is 99.0 Å². The molecule has 0 bridgehead atoms. The molecule has 4 aromatic rings. The number of nitrogens with one attached hydrogen (secondary N) is 6. The molecule has 0 fully saturated rings. The predicted octanol–water partition coefficient (Wildman–Crippen LogP) is 17.5. The van der Waals surface area contributed by atoms with Crippen LogP contribution in [0.1, 0.15) is 288 Å². The van der Waals surface area contributed by atoms with Crippen LogP contribution in [-0.4, -0.2) is 159 Å². The highest BCUT2D eigenvalue weighted by Crippen LogP contribution is 2.16. The van der Waals surface area contributed by atoms with Crippen molar-refractivity contribution in [1.29, 1.82) is 0 Å². The van der Waals surface area contributed by atoms with Gasteiger partial charge < -0.3 is 55.8 Å². The third-order valence-corrected chi connectivity index (χ3v) is 15.5. The van der Waals surface area contributed by atoms with Gasteiger partial charge in [0.1, 0.15) is 11.6 Å². The Bertz CT molecular complexity index is 3050. The summed E-state index contributed by atoms with van der Waals surface area (Å²) < 4.78 is 9.79. The molecule has 0 spiro atoms. The van der Waals surface area contributed by atoms with Gasteiger partial charge in [0.2, 0.25) is 59.1 Å². The maximum absolute atomic E-state index is 11.7. The van der Waals surface area contributed by atoms with Crippen molar-refractivity contribution in [3.05, 3.63) is 97.6 Å². The van der Waals surface area contributed by atoms with Gasteiger partial charge in [-0.25, -0.2) is 4.98 Å². The van der Waals surface area contributed by atoms with E-state index < -0.39 is 0 Å². The van der Waals surface area contributed by atoms with Gasteiger partial charge in [-0.15, -0.1) is 0 Å². The Morgan fingerprint density at radius 2 is 0.750 bits per heavy atom. The van der Waals surface area contributed by atoms with E-state index in [0.29, 0.717) is 149 Å². The smallest absolute Gasteiger partial charge is 0.307 e. The summed E-state index contributed by atoms with van der Waals surface area (Å²) in [6, 6.07) is 16.6. The van der Waals surface area contributed by atoms with Crippen molar-refractivity contribution in [3.8, 4) is 0 Å². The number of carbonyl (C=O) groups excluding carboxylic acids is 11. The van der Waals surface area contributed by atoms with Crippen LogP contribution in [0.2, 0.25) is 0 Å². The molecule has 0 saturated heterocycles. The van der Waals surface area contributed by atoms with Crippen LogP contribution in [0.25, 0.3) is 0 Å². The predicted molar refractivity (Wildman–Crippen MR) is 493 cm³/mol. The van der Waals surface area contributed by atoms with Crippen LogP contribution in [0, 0.1) is 59.2 Å². The lowest BCUT2D eigenvalue weighted by Gasteiger charge is -2.17. The van der Waals surface area contributed by atoms with Gasteiger partial charge in [0.05, 0.1) is 37.7 Å². The first-order valence-electron chi connectivity index (χ1n) is 43.8. The largest absolute Gasteiger partial charge is 0.467 e. The lowest BCUT2D eigenvalue weighted by molar-refractivity contribution is -0.143. The fourth-order valence-corrected chi connectivity index (χ4v) is 9.34. The summed E-state index contributed by atoms with van der Waals surface area (Å²) in [5.74, 6) is 6.88. The van der Waals surface area contributed by atoms with E-state index in [9.17, 15) is 52.7 Å². The van der Waals surface area contributed by atoms with Crippen LogP contribution in [0.15, 0.2) is 96.3 Å². The summed E-state index contributed by atoms with van der Waals surface area (Å²) in [7, 11) is 8.89. The minimum absolute atomic E-state index is 0.00991. The van der Waals surface area contributed by atoms with Gasteiger partial charge in [-0.05, 0) is 141 Å². The van der Waals surface area contributed by atoms with Crippen LogP contribution >= 0.6 is 0 Å². The minimum Gasteiger partial charge on any atom is -0.467 e. The molecule has 4 aromatic heterocycles. The maximum Gasteiger partial charge on any atom is 0.307 e. The molecule has 0 aliphatic carbocycles. The number of esters is 1. The van der Waals surface area contributed by atoms with Gasteiger partial charge in [-0.1, -0.05) is 185 Å². The summed E-state index contributed by atoms with van der Waals surface area (Å²) in [6.45, 7) is 55.2. The number of pyridine rings is 3. The number of ether oxygens (including phenoxy) is 1. The first-order chi connectivity index (χ1) is 56.3. The second-order valence-corrected chi connectivity index (χ2v) is 33.6. The molecule has 4 rings (SSSR count). The van der Waals surface area contributed by atoms with Crippen LogP contribution in [0.5, 0.6) is 0 Å². The first-order valence-corrected chi connectivity index (χ1v) is 43.8. The van der Waals surface area contributed by atoms with E-state index in [1.807, 2.05) is 172 Å². The Kier molecular flexibility index (Phi) is 80.8. The van der Waals surface area contributed by atoms with Crippen molar-refractivity contribution in [1.82, 2.24) is 51.8 Å². The SMILES string of the molecule is CC(C)CC(=O)N(C)C.CC(C)CC(=O)N(C)c1ccccn1.CC(C)CC(=O)N(C)c1cccnc1.CC(C)CC(=O)N(C)c1ccncc1.CC(C)CC(=O)NCc1ccco1.CCCCCNC(=O)CC(C)C.CCCCNC(=O)CC(C)C.CCCNC(=O)CC(C)C.CCNC(=O)CC(C)C.CCOC(=O)CCNC(=O)CC(C)C. The molecule has 26 nitrogen and oxygen atoms in total. The molecule has 0 saturated carbocycles. The molecule has 10 amide bonds. The number of furan rings is 1. The van der Waals surface area contributed by atoms with Crippen molar-refractivity contribution in [2.24, 2.45) is 59.2 Å². The van der Waals surface area contributed by atoms with Gasteiger partial charge >= 0.3 is 5.97 Å². The van der Waals surface area contributed by atoms with E-state index in [-0.39, 0.29) is 71.5 Å². The molecular weight excluding hydrogens is 1520 g/mol. The number of unbranched alkanes of at least 4 members (excludes halogenated alkanes) is 3. The molecule has 0 aliphatic rings. The third-order valence-electron chi connectivity index (χ3n) is 15.5. The number of anilines is 3. The van der Waals surface area contributed by atoms with Crippen LogP contribution in [-0.2, 0) is 64.0 Å². The number of amides is 10. The monoisotopic (exact) mass is 1690 g/mol. The molecule has 4 heterocycles. The Hall–Kier alpha value is -9.10. The Morgan fingerprint density at radius 3 is 1.10 bits per heavy atom. The second-order valence-electron chi connectivity index (χ2n) is 33.6. The van der Waals surface area contributed by atoms with Gasteiger partial charge in [-0.3, -0.25) is 67.6 Å². The quantitative estimate of drug-likeness (QED) is 0.0179. The Balaban J connectivity index is -0.000000302. The van der Waals surface area contributed by atoms with Crippen molar-refractivity contribution in [2.45, 2.75) is 289 Å². The summed E-state index contributed by atoms with van der Waals surface area (Å²) in [4.78, 5) is 141. The van der Waals surface area contributed by atoms with Crippen LogP contribution in [0.3, 0.4) is 0 Å². The normalized spacial score (nSPS) is 10.2. The molecule has 26 heteroatoms. The summed E-state index contributed by atoms with van der Waals surface area (Å²) in [5, 5.41) is 16.8. The van der Waals surface area contributed by atoms with E-state index in [1.165, 1.54) is 12.8 Å². The number of carbonyl (C=O) groups is 11. The van der Waals surface area contributed by atoms with Crippen molar-refractivity contribution in [2.75, 3.05) is 89.3 Å². The van der Waals surface area contributed by atoms with Crippen LogP contribution in [0.4, 0.5) is 17.2 Å². The highest BCUT2D eigenvalue weighted by Gasteiger charge is 2.16. The average Bonchev–Trinajstić information content (AvgIpc) is 1.15. The molecular formula is C94H169N13O13. The zero-order chi connectivity index (χ0) is 93.1. The molecule has 0 atom stereocenters. The number of hydrogen-bond donors (Lipinski definition) is 6. The zero-order valence-electron chi connectivity index (χ0n) is 80.3. The van der Waals surface area contributed by atoms with Gasteiger partial charge in [0.15, 0.2) is 0 Å². The van der Waals surface area contributed by atoms with Gasteiger partial charge in [-0.2, -0.15) is 0 Å². The molecule has 688 valence electrons. The lowest BCUT2D eigenvalue weighted by Crippen LogP contribution is -2.27. The molecule has 0 aliphatic heterocycles. The molecule has 0 radical (unpaired) electrons. The standard InChI is InChI=1S/3C11H16N2O.C10H19NO3.C10H15NO2.C10H21NO.C9H19NO.C8H17NO.2C7H15NO/c1-9(2)8-11(14)13(3)10-4-6-12-7-5-10;1-9(2)7-11(14)13(3)10-5-4-6-12-8-10;1-9(2)8-11(14)13(3)10-6-4-5-7-12-10;1-4-14-10(13)5-6-11-9(12)7-8(2)3;1-8(2)6-10(12)11-7-9-4-3-5-13-9;1-4-5-6-7-11-10(12)8-9(2)3;1-4-5-6-10-9(11)7-8(2)3;1-4-5-9-8(10)6-7(2)3;1-6(2)5-7(9)8(3)4;1-4-8-7(9)5-6(2)3/h4-7,9H,8H2,1-3H3;4-6,8-9H,7H2,1-3H3;4-7,9H,8H2,1-3H3;8H,4-7H2,1-3H3,(H,11,12);3-5,8H,6-7H2,1-2H3,(H,11,12);9H,4-8H2,1-3H3,(H,11,12);8H,4-7H2,1-3H3,(H,10,11);7H,4-6H2,1-3H3,(H,9,10);6H,5H2,1-4H3;6H,4-5H2,1-3H3,(H,8,9). The summed E-state index contributed by atoms with van der Waals surface area (Å²) >= 11 is 0. The molecule has 0 aromatic carbocycles. The summed E-state index contributed by atoms with van der Waals surface area (Å²) in [6.07, 6.45) is 23.1. The van der Waals surface area contributed by atoms with Crippen molar-refractivity contribution < 1.29 is 61.9 Å². The lowest BCUT2D eigenvalue weighted by atomic mass is 10.1. The number of nitrogens with zero attached hydrogens (tertiary/aromatic N) is 7. The maximum atomic E-state index is 11.7. The fourth-order valence-electron chi connectivity index (χ4n) is 9.34. The topological polar surface area (TPSA) is 334 Å². The third kappa shape index (κ3) is 85.3. The van der Waals surface area contributed by atoms with Gasteiger partial charge in [0, 0.05) is 163 Å². The summed E-state index contributed by atoms with van der Waals surface area (Å²) in [5.41, 5.74) is 1.74. The molecule has 120 heavy (non-hydrogen) atoms. The zero-order valence-corrected chi connectivity index (χ0v) is 80.3. The number of rotatable bonds is 39. The van der Waals surface area contributed by atoms with E-state index in [4.69, 9.17) is 9.15 Å². The number of aromatic nitrogens is 3. The first kappa shape index (κ1) is 122. The van der Waals surface area contributed by atoms with Crippen LogP contribution < -0.4 is 46.6 Å². The highest BCUT2D eigenvalue weighted by atomic mass is 16.5. The van der Waals surface area contributed by atoms with Crippen molar-refractivity contribution in [3.63, 3.8) is 0 Å². The molecule has 0 unspecified atom stereocenters. The average molecular weight is 1690 g/mol. The van der Waals surface area contributed by atoms with E-state index in [0.717, 1.165) is 69.0 Å². The van der Waals surface area contributed by atoms with Crippen molar-refractivity contribution >= 4 is 82.2 Å². The molecule has 6 N–H and O–H groups in total. The highest BCUT2D eigenvalue weighted by molar-refractivity contribution is 5.94. The van der Waals surface area contributed by atoms with Gasteiger partial charge in [0.25, 0.3) is 0 Å². The van der Waals surface area contributed by atoms with E-state index in [2.05, 4.69) is 95.3 Å². The second kappa shape index (κ2) is 79.7. The Morgan fingerprint density at radius 1 is 0.358 bits per heavy atom. The van der Waals surface area contributed by atoms with E-state index >= 15 is 0 Å². The fraction of sp³-hybridized carbons (Fsp3) is 0.681. The Labute approximate surface area is 727 Å². The number of hydrogen-bond acceptors (Lipinski definition) is 16. The minimum atomic E-state index is -0.266.